The van der Waals surface area contributed by atoms with E-state index >= 15 is 0 Å². The van der Waals surface area contributed by atoms with Gasteiger partial charge in [-0.05, 0) is 39.7 Å². The third kappa shape index (κ3) is 4.63. The Kier molecular flexibility index (Phi) is 5.59. The Hall–Kier alpha value is -1.36. The van der Waals surface area contributed by atoms with Crippen LogP contribution in [0.3, 0.4) is 0 Å². The van der Waals surface area contributed by atoms with E-state index in [-0.39, 0.29) is 6.10 Å². The molecule has 0 saturated carbocycles. The number of piperidine rings is 1. The summed E-state index contributed by atoms with van der Waals surface area (Å²) in [6, 6.07) is 2.39. The van der Waals surface area contributed by atoms with Crippen molar-refractivity contribution in [1.82, 2.24) is 14.9 Å². The molecule has 2 heterocycles. The SMILES string of the molecule is CCCN1CCC(Nc2cc(OC(C)C)ncn2)CC1. The van der Waals surface area contributed by atoms with Crippen molar-refractivity contribution >= 4 is 5.82 Å². The van der Waals surface area contributed by atoms with Gasteiger partial charge >= 0.3 is 0 Å². The van der Waals surface area contributed by atoms with Crippen molar-refractivity contribution in [2.75, 3.05) is 25.0 Å². The summed E-state index contributed by atoms with van der Waals surface area (Å²) in [5, 5.41) is 3.50. The normalized spacial score (nSPS) is 17.4. The second kappa shape index (κ2) is 7.43. The molecule has 0 spiro atoms. The van der Waals surface area contributed by atoms with Gasteiger partial charge in [-0.25, -0.2) is 9.97 Å². The summed E-state index contributed by atoms with van der Waals surface area (Å²) in [5.74, 6) is 1.51. The van der Waals surface area contributed by atoms with Crippen molar-refractivity contribution in [3.05, 3.63) is 12.4 Å². The molecule has 1 aliphatic rings. The second-order valence-corrected chi connectivity index (χ2v) is 5.67. The number of ether oxygens (including phenoxy) is 1. The van der Waals surface area contributed by atoms with Gasteiger partial charge in [0.25, 0.3) is 0 Å². The predicted molar refractivity (Wildman–Crippen MR) is 81.2 cm³/mol. The number of anilines is 1. The van der Waals surface area contributed by atoms with Crippen LogP contribution >= 0.6 is 0 Å². The lowest BCUT2D eigenvalue weighted by molar-refractivity contribution is 0.219. The van der Waals surface area contributed by atoms with E-state index in [1.807, 2.05) is 19.9 Å². The maximum Gasteiger partial charge on any atom is 0.218 e. The molecule has 0 atom stereocenters. The van der Waals surface area contributed by atoms with Crippen molar-refractivity contribution in [2.24, 2.45) is 0 Å². The van der Waals surface area contributed by atoms with Gasteiger partial charge in [-0.2, -0.15) is 0 Å². The molecule has 0 amide bonds. The van der Waals surface area contributed by atoms with Crippen molar-refractivity contribution in [1.29, 1.82) is 0 Å². The topological polar surface area (TPSA) is 50.3 Å². The van der Waals surface area contributed by atoms with E-state index in [4.69, 9.17) is 4.74 Å². The van der Waals surface area contributed by atoms with Crippen molar-refractivity contribution < 1.29 is 4.74 Å². The van der Waals surface area contributed by atoms with Gasteiger partial charge in [0.05, 0.1) is 6.10 Å². The van der Waals surface area contributed by atoms with Crippen LogP contribution in [0.4, 0.5) is 5.82 Å². The summed E-state index contributed by atoms with van der Waals surface area (Å²) in [6.07, 6.45) is 5.27. The minimum absolute atomic E-state index is 0.134. The molecule has 0 aliphatic carbocycles. The summed E-state index contributed by atoms with van der Waals surface area (Å²) < 4.78 is 5.59. The maximum atomic E-state index is 5.59. The summed E-state index contributed by atoms with van der Waals surface area (Å²) in [7, 11) is 0. The average Bonchev–Trinajstić information content (AvgIpc) is 2.41. The number of nitrogens with one attached hydrogen (secondary N) is 1. The maximum absolute atomic E-state index is 5.59. The van der Waals surface area contributed by atoms with Crippen LogP contribution < -0.4 is 10.1 Å². The second-order valence-electron chi connectivity index (χ2n) is 5.67. The van der Waals surface area contributed by atoms with Crippen LogP contribution in [0.25, 0.3) is 0 Å². The van der Waals surface area contributed by atoms with E-state index in [0.717, 1.165) is 5.82 Å². The number of nitrogens with zero attached hydrogens (tertiary/aromatic N) is 3. The van der Waals surface area contributed by atoms with Gasteiger partial charge in [0.15, 0.2) is 0 Å². The summed E-state index contributed by atoms with van der Waals surface area (Å²) in [6.45, 7) is 9.79. The molecule has 1 aliphatic heterocycles. The zero-order valence-electron chi connectivity index (χ0n) is 12.8. The molecule has 1 aromatic rings. The van der Waals surface area contributed by atoms with Gasteiger partial charge in [0.1, 0.15) is 12.1 Å². The van der Waals surface area contributed by atoms with Crippen molar-refractivity contribution in [2.45, 2.75) is 52.2 Å². The van der Waals surface area contributed by atoms with Gasteiger partial charge in [0, 0.05) is 25.2 Å². The molecule has 0 radical (unpaired) electrons. The van der Waals surface area contributed by atoms with Crippen LogP contribution in [0.2, 0.25) is 0 Å². The Balaban J connectivity index is 1.84. The summed E-state index contributed by atoms with van der Waals surface area (Å²) >= 11 is 0. The summed E-state index contributed by atoms with van der Waals surface area (Å²) in [5.41, 5.74) is 0. The van der Waals surface area contributed by atoms with Gasteiger partial charge in [0.2, 0.25) is 5.88 Å². The van der Waals surface area contributed by atoms with E-state index < -0.39 is 0 Å². The van der Waals surface area contributed by atoms with E-state index in [0.29, 0.717) is 11.9 Å². The van der Waals surface area contributed by atoms with Crippen molar-refractivity contribution in [3.8, 4) is 5.88 Å². The third-order valence-electron chi connectivity index (χ3n) is 3.48. The van der Waals surface area contributed by atoms with Crippen LogP contribution in [0.1, 0.15) is 40.0 Å². The monoisotopic (exact) mass is 278 g/mol. The zero-order chi connectivity index (χ0) is 14.4. The molecule has 5 nitrogen and oxygen atoms in total. The largest absolute Gasteiger partial charge is 0.475 e. The lowest BCUT2D eigenvalue weighted by Crippen LogP contribution is -2.39. The minimum Gasteiger partial charge on any atom is -0.475 e. The molecule has 1 saturated heterocycles. The quantitative estimate of drug-likeness (QED) is 0.866. The molecule has 0 unspecified atom stereocenters. The highest BCUT2D eigenvalue weighted by molar-refractivity contribution is 5.38. The van der Waals surface area contributed by atoms with Crippen LogP contribution in [0.5, 0.6) is 5.88 Å². The smallest absolute Gasteiger partial charge is 0.218 e. The molecule has 1 aromatic heterocycles. The highest BCUT2D eigenvalue weighted by Gasteiger charge is 2.18. The molecule has 112 valence electrons. The fraction of sp³-hybridized carbons (Fsp3) is 0.733. The molecular formula is C15H26N4O. The lowest BCUT2D eigenvalue weighted by atomic mass is 10.0. The van der Waals surface area contributed by atoms with E-state index in [1.165, 1.54) is 38.9 Å². The lowest BCUT2D eigenvalue weighted by Gasteiger charge is -2.32. The van der Waals surface area contributed by atoms with Crippen LogP contribution in [-0.2, 0) is 0 Å². The molecule has 1 fully saturated rings. The number of hydrogen-bond acceptors (Lipinski definition) is 5. The molecule has 20 heavy (non-hydrogen) atoms. The first-order chi connectivity index (χ1) is 9.67. The van der Waals surface area contributed by atoms with Gasteiger partial charge < -0.3 is 15.0 Å². The highest BCUT2D eigenvalue weighted by Crippen LogP contribution is 2.18. The molecule has 0 aromatic carbocycles. The number of likely N-dealkylation sites (tertiary alicyclic amines) is 1. The number of rotatable bonds is 6. The first-order valence-electron chi connectivity index (χ1n) is 7.65. The predicted octanol–water partition coefficient (Wildman–Crippen LogP) is 2.55. The molecule has 0 bridgehead atoms. The van der Waals surface area contributed by atoms with Gasteiger partial charge in [-0.15, -0.1) is 0 Å². The molecule has 2 rings (SSSR count). The third-order valence-corrected chi connectivity index (χ3v) is 3.48. The van der Waals surface area contributed by atoms with Gasteiger partial charge in [-0.3, -0.25) is 0 Å². The Morgan fingerprint density at radius 1 is 1.35 bits per heavy atom. The molecule has 1 N–H and O–H groups in total. The molecular weight excluding hydrogens is 252 g/mol. The van der Waals surface area contributed by atoms with E-state index in [9.17, 15) is 0 Å². The fourth-order valence-electron chi connectivity index (χ4n) is 2.55. The molecule has 5 heteroatoms. The summed E-state index contributed by atoms with van der Waals surface area (Å²) in [4.78, 5) is 10.9. The van der Waals surface area contributed by atoms with E-state index in [2.05, 4.69) is 27.1 Å². The first-order valence-corrected chi connectivity index (χ1v) is 7.65. The average molecular weight is 278 g/mol. The van der Waals surface area contributed by atoms with Crippen LogP contribution in [0, 0.1) is 0 Å². The zero-order valence-corrected chi connectivity index (χ0v) is 12.8. The Labute approximate surface area is 121 Å². The Morgan fingerprint density at radius 2 is 2.10 bits per heavy atom. The van der Waals surface area contributed by atoms with Crippen LogP contribution in [0.15, 0.2) is 12.4 Å². The Morgan fingerprint density at radius 3 is 2.75 bits per heavy atom. The highest BCUT2D eigenvalue weighted by atomic mass is 16.5. The minimum atomic E-state index is 0.134. The standard InChI is InChI=1S/C15H26N4O/c1-4-7-19-8-5-13(6-9-19)18-14-10-15(17-11-16-14)20-12(2)3/h10-13H,4-9H2,1-3H3,(H,16,17,18). The fourth-order valence-corrected chi connectivity index (χ4v) is 2.55. The number of aromatic nitrogens is 2. The Bertz CT molecular complexity index is 403. The van der Waals surface area contributed by atoms with Gasteiger partial charge in [-0.1, -0.05) is 6.92 Å². The van der Waals surface area contributed by atoms with Crippen molar-refractivity contribution in [3.63, 3.8) is 0 Å². The number of hydrogen-bond donors (Lipinski definition) is 1. The van der Waals surface area contributed by atoms with Crippen LogP contribution in [-0.4, -0.2) is 46.6 Å². The van der Waals surface area contributed by atoms with E-state index in [1.54, 1.807) is 6.33 Å². The first kappa shape index (κ1) is 15.0.